The molecular formula is C20H40N2O5. The molecule has 2 unspecified atom stereocenters. The first kappa shape index (κ1) is 25.8. The average molecular weight is 389 g/mol. The van der Waals surface area contributed by atoms with E-state index in [0.29, 0.717) is 25.9 Å². The van der Waals surface area contributed by atoms with Gasteiger partial charge in [0, 0.05) is 13.1 Å². The summed E-state index contributed by atoms with van der Waals surface area (Å²) < 4.78 is 16.2. The fourth-order valence-corrected chi connectivity index (χ4v) is 2.53. The van der Waals surface area contributed by atoms with E-state index in [-0.39, 0.29) is 37.4 Å². The Morgan fingerprint density at radius 3 is 1.70 bits per heavy atom. The number of ether oxygens (including phenoxy) is 3. The van der Waals surface area contributed by atoms with Crippen molar-refractivity contribution < 1.29 is 23.8 Å². The van der Waals surface area contributed by atoms with Gasteiger partial charge in [-0.3, -0.25) is 9.59 Å². The maximum absolute atomic E-state index is 11.8. The highest BCUT2D eigenvalue weighted by molar-refractivity contribution is 5.70. The van der Waals surface area contributed by atoms with Gasteiger partial charge in [0.2, 0.25) is 0 Å². The van der Waals surface area contributed by atoms with E-state index in [1.807, 2.05) is 6.92 Å². The van der Waals surface area contributed by atoms with E-state index >= 15 is 0 Å². The number of rotatable bonds is 16. The normalized spacial score (nSPS) is 13.6. The third-order valence-electron chi connectivity index (χ3n) is 4.48. The van der Waals surface area contributed by atoms with Gasteiger partial charge in [0.05, 0.1) is 25.6 Å². The molecule has 0 saturated heterocycles. The molecule has 7 heteroatoms. The van der Waals surface area contributed by atoms with Gasteiger partial charge in [-0.2, -0.15) is 0 Å². The van der Waals surface area contributed by atoms with Crippen molar-refractivity contribution in [3.63, 3.8) is 0 Å². The maximum Gasteiger partial charge on any atom is 0.307 e. The highest BCUT2D eigenvalue weighted by Gasteiger charge is 2.14. The van der Waals surface area contributed by atoms with Crippen LogP contribution in [0.2, 0.25) is 0 Å². The minimum atomic E-state index is -0.324. The minimum Gasteiger partial charge on any atom is -0.463 e. The molecule has 0 aliphatic carbocycles. The largest absolute Gasteiger partial charge is 0.463 e. The first-order chi connectivity index (χ1) is 12.9. The smallest absolute Gasteiger partial charge is 0.307 e. The first-order valence-corrected chi connectivity index (χ1v) is 10.3. The molecule has 0 amide bonds. The van der Waals surface area contributed by atoms with Gasteiger partial charge < -0.3 is 24.0 Å². The highest BCUT2D eigenvalue weighted by atomic mass is 16.6. The Balaban J connectivity index is 3.88. The Hall–Kier alpha value is -1.18. The number of carbonyl (C=O) groups excluding carboxylic acids is 2. The quantitative estimate of drug-likeness (QED) is 0.376. The van der Waals surface area contributed by atoms with Crippen molar-refractivity contribution in [2.75, 3.05) is 52.5 Å². The average Bonchev–Trinajstić information content (AvgIpc) is 2.66. The summed E-state index contributed by atoms with van der Waals surface area (Å²) in [4.78, 5) is 28.0. The van der Waals surface area contributed by atoms with Gasteiger partial charge in [-0.25, -0.2) is 0 Å². The number of nitrogens with zero attached hydrogens (tertiary/aromatic N) is 2. The lowest BCUT2D eigenvalue weighted by Crippen LogP contribution is -2.29. The third kappa shape index (κ3) is 13.6. The van der Waals surface area contributed by atoms with Crippen molar-refractivity contribution in [2.24, 2.45) is 0 Å². The number of carbonyl (C=O) groups is 2. The van der Waals surface area contributed by atoms with Crippen LogP contribution in [0.5, 0.6) is 0 Å². The zero-order valence-corrected chi connectivity index (χ0v) is 18.2. The second-order valence-corrected chi connectivity index (χ2v) is 6.68. The van der Waals surface area contributed by atoms with Crippen LogP contribution in [0.1, 0.15) is 54.4 Å². The highest BCUT2D eigenvalue weighted by Crippen LogP contribution is 2.02. The van der Waals surface area contributed by atoms with Crippen molar-refractivity contribution in [1.29, 1.82) is 0 Å². The van der Waals surface area contributed by atoms with E-state index < -0.39 is 0 Å². The van der Waals surface area contributed by atoms with Crippen LogP contribution in [0.4, 0.5) is 0 Å². The summed E-state index contributed by atoms with van der Waals surface area (Å²) in [6.45, 7) is 17.5. The Kier molecular flexibility index (Phi) is 15.1. The fourth-order valence-electron chi connectivity index (χ4n) is 2.53. The summed E-state index contributed by atoms with van der Waals surface area (Å²) >= 11 is 0. The summed E-state index contributed by atoms with van der Waals surface area (Å²) in [6, 6.07) is 0. The first-order valence-electron chi connectivity index (χ1n) is 10.3. The van der Waals surface area contributed by atoms with Crippen LogP contribution in [0.15, 0.2) is 0 Å². The second-order valence-electron chi connectivity index (χ2n) is 6.68. The van der Waals surface area contributed by atoms with Crippen molar-refractivity contribution >= 4 is 11.9 Å². The van der Waals surface area contributed by atoms with E-state index in [9.17, 15) is 9.59 Å². The molecule has 0 bridgehead atoms. The Morgan fingerprint density at radius 2 is 1.22 bits per heavy atom. The summed E-state index contributed by atoms with van der Waals surface area (Å²) in [5.74, 6) is -0.429. The molecule has 27 heavy (non-hydrogen) atoms. The molecule has 0 fully saturated rings. The van der Waals surface area contributed by atoms with Gasteiger partial charge in [0.1, 0.15) is 12.7 Å². The van der Waals surface area contributed by atoms with Crippen LogP contribution < -0.4 is 0 Å². The molecule has 0 N–H and O–H groups in total. The van der Waals surface area contributed by atoms with Crippen molar-refractivity contribution in [2.45, 2.75) is 66.6 Å². The SMILES string of the molecule is CCN(CC)CCC(=O)OCC(C)OCC(C)OC(=O)CCN(CC)CC. The minimum absolute atomic E-state index is 0.208. The van der Waals surface area contributed by atoms with Crippen LogP contribution in [0.25, 0.3) is 0 Å². The monoisotopic (exact) mass is 388 g/mol. The summed E-state index contributed by atoms with van der Waals surface area (Å²) in [5.41, 5.74) is 0. The molecule has 0 rings (SSSR count). The van der Waals surface area contributed by atoms with E-state index in [1.165, 1.54) is 0 Å². The molecule has 0 aromatic heterocycles. The molecule has 0 aliphatic heterocycles. The third-order valence-corrected chi connectivity index (χ3v) is 4.48. The topological polar surface area (TPSA) is 68.3 Å². The molecule has 0 saturated carbocycles. The summed E-state index contributed by atoms with van der Waals surface area (Å²) in [5, 5.41) is 0. The molecule has 7 nitrogen and oxygen atoms in total. The summed E-state index contributed by atoms with van der Waals surface area (Å²) in [7, 11) is 0. The van der Waals surface area contributed by atoms with Gasteiger partial charge in [0.15, 0.2) is 0 Å². The zero-order valence-electron chi connectivity index (χ0n) is 18.2. The fraction of sp³-hybridized carbons (Fsp3) is 0.900. The lowest BCUT2D eigenvalue weighted by atomic mass is 10.3. The zero-order chi connectivity index (χ0) is 20.7. The number of hydrogen-bond acceptors (Lipinski definition) is 7. The van der Waals surface area contributed by atoms with Crippen LogP contribution in [-0.2, 0) is 23.8 Å². The van der Waals surface area contributed by atoms with E-state index in [2.05, 4.69) is 37.5 Å². The molecule has 2 atom stereocenters. The van der Waals surface area contributed by atoms with Crippen LogP contribution in [0, 0.1) is 0 Å². The second kappa shape index (κ2) is 15.8. The molecule has 0 aromatic carbocycles. The number of hydrogen-bond donors (Lipinski definition) is 0. The van der Waals surface area contributed by atoms with Crippen molar-refractivity contribution in [3.8, 4) is 0 Å². The maximum atomic E-state index is 11.8. The Morgan fingerprint density at radius 1 is 0.741 bits per heavy atom. The predicted molar refractivity (Wildman–Crippen MR) is 107 cm³/mol. The lowest BCUT2D eigenvalue weighted by Gasteiger charge is -2.20. The van der Waals surface area contributed by atoms with E-state index in [4.69, 9.17) is 14.2 Å². The van der Waals surface area contributed by atoms with Gasteiger partial charge >= 0.3 is 11.9 Å². The number of esters is 2. The van der Waals surface area contributed by atoms with E-state index in [1.54, 1.807) is 6.92 Å². The van der Waals surface area contributed by atoms with Crippen LogP contribution in [-0.4, -0.2) is 86.4 Å². The van der Waals surface area contributed by atoms with Crippen molar-refractivity contribution in [1.82, 2.24) is 9.80 Å². The van der Waals surface area contributed by atoms with Gasteiger partial charge in [0.25, 0.3) is 0 Å². The van der Waals surface area contributed by atoms with Gasteiger partial charge in [-0.1, -0.05) is 27.7 Å². The van der Waals surface area contributed by atoms with E-state index in [0.717, 1.165) is 26.2 Å². The summed E-state index contributed by atoms with van der Waals surface area (Å²) in [6.07, 6.45) is 0.204. The Labute approximate surface area is 165 Å². The standard InChI is InChI=1S/C20H40N2O5/c1-7-21(8-2)13-11-19(23)26-15-17(5)25-16-18(6)27-20(24)12-14-22(9-3)10-4/h17-18H,7-16H2,1-6H3. The lowest BCUT2D eigenvalue weighted by molar-refractivity contribution is -0.154. The molecule has 0 heterocycles. The predicted octanol–water partition coefficient (Wildman–Crippen LogP) is 2.33. The van der Waals surface area contributed by atoms with Gasteiger partial charge in [-0.15, -0.1) is 0 Å². The molecule has 0 radical (unpaired) electrons. The molecule has 0 aliphatic rings. The molecule has 0 aromatic rings. The molecule has 160 valence electrons. The van der Waals surface area contributed by atoms with Crippen LogP contribution >= 0.6 is 0 Å². The molecule has 0 spiro atoms. The molecular weight excluding hydrogens is 348 g/mol. The Bertz CT molecular complexity index is 398. The van der Waals surface area contributed by atoms with Gasteiger partial charge in [-0.05, 0) is 40.0 Å². The van der Waals surface area contributed by atoms with Crippen molar-refractivity contribution in [3.05, 3.63) is 0 Å². The van der Waals surface area contributed by atoms with Crippen LogP contribution in [0.3, 0.4) is 0 Å².